The molecule has 2 amide bonds. The molecule has 0 spiro atoms. The number of hydrogen-bond acceptors (Lipinski definition) is 2. The average molecular weight is 277 g/mol. The Balaban J connectivity index is 2.29. The normalized spacial score (nSPS) is 17.6. The molecule has 1 saturated heterocycles. The molecule has 4 nitrogen and oxygen atoms in total. The lowest BCUT2D eigenvalue weighted by Crippen LogP contribution is -2.46. The molecule has 86 valence electrons. The first kappa shape index (κ1) is 12.5. The minimum absolute atomic E-state index is 0.0975. The zero-order chi connectivity index (χ0) is 11.3. The van der Waals surface area contributed by atoms with Crippen molar-refractivity contribution >= 4 is 27.7 Å². The molecule has 0 aromatic carbocycles. The van der Waals surface area contributed by atoms with E-state index in [0.29, 0.717) is 11.8 Å². The number of alkyl halides is 1. The predicted molar refractivity (Wildman–Crippen MR) is 61.8 cm³/mol. The molecule has 0 bridgehead atoms. The second-order valence-corrected chi connectivity index (χ2v) is 4.27. The van der Waals surface area contributed by atoms with Crippen LogP contribution in [0.1, 0.15) is 26.2 Å². The van der Waals surface area contributed by atoms with Gasteiger partial charge in [-0.3, -0.25) is 9.59 Å². The zero-order valence-corrected chi connectivity index (χ0v) is 10.5. The lowest BCUT2D eigenvalue weighted by molar-refractivity contribution is -0.129. The Morgan fingerprint density at radius 3 is 2.47 bits per heavy atom. The van der Waals surface area contributed by atoms with Crippen LogP contribution < -0.4 is 5.32 Å². The van der Waals surface area contributed by atoms with E-state index in [4.69, 9.17) is 0 Å². The summed E-state index contributed by atoms with van der Waals surface area (Å²) in [7, 11) is 0. The molecule has 0 aromatic rings. The lowest BCUT2D eigenvalue weighted by Gasteiger charge is -2.32. The molecule has 0 atom stereocenters. The van der Waals surface area contributed by atoms with E-state index in [1.54, 1.807) is 0 Å². The lowest BCUT2D eigenvalue weighted by atomic mass is 10.0. The molecule has 0 unspecified atom stereocenters. The molecule has 1 aliphatic heterocycles. The van der Waals surface area contributed by atoms with Crippen LogP contribution in [0.25, 0.3) is 0 Å². The van der Waals surface area contributed by atoms with E-state index < -0.39 is 0 Å². The van der Waals surface area contributed by atoms with Crippen molar-refractivity contribution in [2.75, 3.05) is 18.4 Å². The van der Waals surface area contributed by atoms with Crippen LogP contribution in [-0.2, 0) is 9.59 Å². The number of halogens is 1. The molecule has 1 aliphatic rings. The first-order valence-corrected chi connectivity index (χ1v) is 6.42. The third-order valence-corrected chi connectivity index (χ3v) is 3.13. The van der Waals surface area contributed by atoms with E-state index in [9.17, 15) is 9.59 Å². The van der Waals surface area contributed by atoms with Crippen LogP contribution in [0.15, 0.2) is 0 Å². The molecular weight excluding hydrogens is 260 g/mol. The van der Waals surface area contributed by atoms with E-state index in [2.05, 4.69) is 21.2 Å². The number of nitrogens with one attached hydrogen (secondary N) is 1. The van der Waals surface area contributed by atoms with Crippen LogP contribution in [0.2, 0.25) is 0 Å². The van der Waals surface area contributed by atoms with Gasteiger partial charge < -0.3 is 10.2 Å². The van der Waals surface area contributed by atoms with Crippen molar-refractivity contribution in [3.8, 4) is 0 Å². The van der Waals surface area contributed by atoms with Gasteiger partial charge >= 0.3 is 0 Å². The summed E-state index contributed by atoms with van der Waals surface area (Å²) in [5, 5.41) is 3.35. The smallest absolute Gasteiger partial charge is 0.233 e. The highest BCUT2D eigenvalue weighted by Crippen LogP contribution is 2.11. The van der Waals surface area contributed by atoms with Crippen molar-refractivity contribution < 1.29 is 9.59 Å². The van der Waals surface area contributed by atoms with Gasteiger partial charge in [-0.05, 0) is 12.8 Å². The predicted octanol–water partition coefficient (Wildman–Crippen LogP) is 0.898. The van der Waals surface area contributed by atoms with Crippen LogP contribution in [0.3, 0.4) is 0 Å². The van der Waals surface area contributed by atoms with Crippen molar-refractivity contribution in [3.05, 3.63) is 0 Å². The molecule has 1 heterocycles. The number of piperidine rings is 1. The van der Waals surface area contributed by atoms with Gasteiger partial charge in [-0.2, -0.15) is 0 Å². The fourth-order valence-corrected chi connectivity index (χ4v) is 2.04. The maximum absolute atomic E-state index is 11.3. The summed E-state index contributed by atoms with van der Waals surface area (Å²) in [5.74, 6) is 0.232. The second-order valence-electron chi connectivity index (χ2n) is 3.71. The molecule has 0 aromatic heterocycles. The molecule has 15 heavy (non-hydrogen) atoms. The van der Waals surface area contributed by atoms with Gasteiger partial charge in [0.2, 0.25) is 11.8 Å². The number of carbonyl (C=O) groups excluding carboxylic acids is 2. The van der Waals surface area contributed by atoms with Crippen LogP contribution in [-0.4, -0.2) is 41.2 Å². The molecule has 1 fully saturated rings. The fraction of sp³-hybridized carbons (Fsp3) is 0.800. The summed E-state index contributed by atoms with van der Waals surface area (Å²) in [5.41, 5.74) is 0. The Morgan fingerprint density at radius 2 is 2.00 bits per heavy atom. The van der Waals surface area contributed by atoms with E-state index in [1.807, 2.05) is 11.8 Å². The second kappa shape index (κ2) is 6.10. The van der Waals surface area contributed by atoms with Gasteiger partial charge in [-0.1, -0.05) is 22.9 Å². The third-order valence-electron chi connectivity index (χ3n) is 2.65. The number of rotatable bonds is 3. The minimum atomic E-state index is 0.0975. The Morgan fingerprint density at radius 1 is 1.40 bits per heavy atom. The Bertz CT molecular complexity index is 238. The van der Waals surface area contributed by atoms with Gasteiger partial charge in [0.15, 0.2) is 0 Å². The molecule has 0 aliphatic carbocycles. The summed E-state index contributed by atoms with van der Waals surface area (Å²) in [6.07, 6.45) is 2.26. The number of hydrogen-bond donors (Lipinski definition) is 1. The summed E-state index contributed by atoms with van der Waals surface area (Å²) in [6, 6.07) is 0.247. The molecular formula is C10H17BrN2O2. The average Bonchev–Trinajstić information content (AvgIpc) is 2.29. The summed E-state index contributed by atoms with van der Waals surface area (Å²) in [6.45, 7) is 3.34. The van der Waals surface area contributed by atoms with Gasteiger partial charge in [0, 0.05) is 25.6 Å². The van der Waals surface area contributed by atoms with Crippen molar-refractivity contribution in [1.82, 2.24) is 10.2 Å². The number of carbonyl (C=O) groups is 2. The van der Waals surface area contributed by atoms with Crippen molar-refractivity contribution in [2.45, 2.75) is 32.2 Å². The van der Waals surface area contributed by atoms with Crippen LogP contribution in [0.5, 0.6) is 0 Å². The van der Waals surface area contributed by atoms with Gasteiger partial charge in [0.1, 0.15) is 0 Å². The topological polar surface area (TPSA) is 49.4 Å². The number of nitrogens with zero attached hydrogens (tertiary/aromatic N) is 1. The van der Waals surface area contributed by atoms with E-state index in [0.717, 1.165) is 25.9 Å². The Labute approximate surface area is 98.5 Å². The van der Waals surface area contributed by atoms with Gasteiger partial charge in [0.05, 0.1) is 5.33 Å². The van der Waals surface area contributed by atoms with E-state index in [1.165, 1.54) is 0 Å². The first-order chi connectivity index (χ1) is 7.17. The molecule has 1 N–H and O–H groups in total. The largest absolute Gasteiger partial charge is 0.353 e. The van der Waals surface area contributed by atoms with E-state index >= 15 is 0 Å². The maximum atomic E-state index is 11.3. The fourth-order valence-electron chi connectivity index (χ4n) is 1.69. The van der Waals surface area contributed by atoms with Crippen LogP contribution >= 0.6 is 15.9 Å². The van der Waals surface area contributed by atoms with Gasteiger partial charge in [0.25, 0.3) is 0 Å². The summed E-state index contributed by atoms with van der Waals surface area (Å²) >= 11 is 3.16. The van der Waals surface area contributed by atoms with Crippen molar-refractivity contribution in [1.29, 1.82) is 0 Å². The molecule has 5 heteroatoms. The molecule has 0 saturated carbocycles. The quantitative estimate of drug-likeness (QED) is 0.779. The highest BCUT2D eigenvalue weighted by molar-refractivity contribution is 9.09. The highest BCUT2D eigenvalue weighted by atomic mass is 79.9. The zero-order valence-electron chi connectivity index (χ0n) is 8.96. The standard InChI is InChI=1S/C10H17BrN2O2/c1-2-9(14)12-8-3-5-13(6-4-8)10(15)7-11/h8H,2-7H2,1H3,(H,12,14). The monoisotopic (exact) mass is 276 g/mol. The van der Waals surface area contributed by atoms with Crippen molar-refractivity contribution in [3.63, 3.8) is 0 Å². The van der Waals surface area contributed by atoms with Gasteiger partial charge in [-0.15, -0.1) is 0 Å². The van der Waals surface area contributed by atoms with Crippen LogP contribution in [0.4, 0.5) is 0 Å². The SMILES string of the molecule is CCC(=O)NC1CCN(C(=O)CBr)CC1. The Kier molecular flexibility index (Phi) is 5.08. The Hall–Kier alpha value is -0.580. The highest BCUT2D eigenvalue weighted by Gasteiger charge is 2.22. The number of amides is 2. The first-order valence-electron chi connectivity index (χ1n) is 5.30. The summed E-state index contributed by atoms with van der Waals surface area (Å²) < 4.78 is 0. The number of likely N-dealkylation sites (tertiary alicyclic amines) is 1. The minimum Gasteiger partial charge on any atom is -0.353 e. The van der Waals surface area contributed by atoms with Crippen LogP contribution in [0, 0.1) is 0 Å². The molecule has 1 rings (SSSR count). The van der Waals surface area contributed by atoms with Crippen molar-refractivity contribution in [2.24, 2.45) is 0 Å². The molecule has 0 radical (unpaired) electrons. The van der Waals surface area contributed by atoms with E-state index in [-0.39, 0.29) is 17.9 Å². The maximum Gasteiger partial charge on any atom is 0.233 e. The van der Waals surface area contributed by atoms with Gasteiger partial charge in [-0.25, -0.2) is 0 Å². The third kappa shape index (κ3) is 3.81. The summed E-state index contributed by atoms with van der Waals surface area (Å²) in [4.78, 5) is 24.3.